The quantitative estimate of drug-likeness (QED) is 0.767. The van der Waals surface area contributed by atoms with E-state index in [0.717, 1.165) is 25.7 Å². The molecule has 3 unspecified atom stereocenters. The van der Waals surface area contributed by atoms with E-state index < -0.39 is 5.97 Å². The minimum absolute atomic E-state index is 0.218. The number of hydrogen-bond acceptors (Lipinski definition) is 4. The first kappa shape index (κ1) is 22.0. The van der Waals surface area contributed by atoms with Crippen LogP contribution in [0.15, 0.2) is 29.3 Å². The Morgan fingerprint density at radius 1 is 1.31 bits per heavy atom. The molecule has 5 heteroatoms. The molecule has 26 heavy (non-hydrogen) atoms. The molecule has 1 aromatic rings. The highest BCUT2D eigenvalue weighted by atomic mass is 16.4. The molecule has 0 aliphatic carbocycles. The molecule has 0 amide bonds. The van der Waals surface area contributed by atoms with Crippen LogP contribution in [0, 0.1) is 0 Å². The van der Waals surface area contributed by atoms with Crippen molar-refractivity contribution in [2.75, 3.05) is 0 Å². The summed E-state index contributed by atoms with van der Waals surface area (Å²) in [7, 11) is 0. The standard InChI is InChI=1S/C19H31N3.C2H4O2/c1-13-11-14(2)21-18(20-13)22-15(3)12-16-7-9-17(10-8-16)19(4,5)6;1-2(3)4/h7-10,13-15H,11-12H2,1-6H3,(H2,20,21,22);1H3,(H,3,4). The average molecular weight is 362 g/mol. The van der Waals surface area contributed by atoms with Gasteiger partial charge in [-0.15, -0.1) is 0 Å². The number of carboxylic acids is 1. The van der Waals surface area contributed by atoms with Crippen molar-refractivity contribution in [2.45, 2.75) is 84.8 Å². The van der Waals surface area contributed by atoms with Gasteiger partial charge in [0.05, 0.1) is 6.04 Å². The van der Waals surface area contributed by atoms with Gasteiger partial charge in [0.25, 0.3) is 5.97 Å². The maximum atomic E-state index is 9.00. The molecular weight excluding hydrogens is 326 g/mol. The van der Waals surface area contributed by atoms with Gasteiger partial charge in [0.15, 0.2) is 5.96 Å². The van der Waals surface area contributed by atoms with Gasteiger partial charge in [0.2, 0.25) is 0 Å². The molecule has 1 aliphatic heterocycles. The molecule has 0 saturated carbocycles. The smallest absolute Gasteiger partial charge is 0.300 e. The van der Waals surface area contributed by atoms with Gasteiger partial charge >= 0.3 is 0 Å². The summed E-state index contributed by atoms with van der Waals surface area (Å²) >= 11 is 0. The van der Waals surface area contributed by atoms with Crippen molar-refractivity contribution in [3.63, 3.8) is 0 Å². The van der Waals surface area contributed by atoms with Gasteiger partial charge in [-0.3, -0.25) is 9.79 Å². The number of carbonyl (C=O) groups is 1. The van der Waals surface area contributed by atoms with Crippen LogP contribution in [0.4, 0.5) is 0 Å². The number of hydrogen-bond donors (Lipinski definition) is 3. The Bertz CT molecular complexity index is 599. The van der Waals surface area contributed by atoms with Gasteiger partial charge < -0.3 is 15.7 Å². The molecule has 0 fully saturated rings. The number of guanidine groups is 1. The second-order valence-electron chi connectivity index (χ2n) is 8.32. The molecule has 1 aliphatic rings. The topological polar surface area (TPSA) is 73.7 Å². The van der Waals surface area contributed by atoms with Crippen molar-refractivity contribution in [1.82, 2.24) is 10.6 Å². The Hall–Kier alpha value is -2.04. The maximum absolute atomic E-state index is 9.00. The summed E-state index contributed by atoms with van der Waals surface area (Å²) in [6.45, 7) is 14.4. The lowest BCUT2D eigenvalue weighted by Crippen LogP contribution is -2.50. The number of nitrogens with zero attached hydrogens (tertiary/aromatic N) is 1. The van der Waals surface area contributed by atoms with Crippen molar-refractivity contribution >= 4 is 11.9 Å². The molecular formula is C21H35N3O2. The molecule has 5 nitrogen and oxygen atoms in total. The molecule has 1 heterocycles. The van der Waals surface area contributed by atoms with Crippen molar-refractivity contribution in [1.29, 1.82) is 0 Å². The van der Waals surface area contributed by atoms with Crippen LogP contribution in [-0.2, 0) is 16.6 Å². The second-order valence-corrected chi connectivity index (χ2v) is 8.32. The molecule has 3 N–H and O–H groups in total. The lowest BCUT2D eigenvalue weighted by Gasteiger charge is -2.28. The summed E-state index contributed by atoms with van der Waals surface area (Å²) in [5.41, 5.74) is 2.97. The summed E-state index contributed by atoms with van der Waals surface area (Å²) < 4.78 is 0. The Labute approximate surface area is 158 Å². The third kappa shape index (κ3) is 8.37. The molecule has 3 atom stereocenters. The van der Waals surface area contributed by atoms with E-state index in [4.69, 9.17) is 9.90 Å². The van der Waals surface area contributed by atoms with E-state index in [2.05, 4.69) is 81.4 Å². The number of aliphatic carboxylic acids is 1. The first-order chi connectivity index (χ1) is 12.0. The average Bonchev–Trinajstić information content (AvgIpc) is 2.44. The van der Waals surface area contributed by atoms with Gasteiger partial charge in [0, 0.05) is 19.0 Å². The molecule has 1 aromatic carbocycles. The van der Waals surface area contributed by atoms with Crippen LogP contribution in [0.3, 0.4) is 0 Å². The minimum atomic E-state index is -0.833. The van der Waals surface area contributed by atoms with Crippen molar-refractivity contribution in [3.8, 4) is 0 Å². The summed E-state index contributed by atoms with van der Waals surface area (Å²) in [4.78, 5) is 13.7. The fraction of sp³-hybridized carbons (Fsp3) is 0.619. The zero-order valence-corrected chi connectivity index (χ0v) is 17.3. The van der Waals surface area contributed by atoms with Crippen LogP contribution in [0.25, 0.3) is 0 Å². The van der Waals surface area contributed by atoms with Crippen molar-refractivity contribution < 1.29 is 9.90 Å². The zero-order valence-electron chi connectivity index (χ0n) is 17.3. The second kappa shape index (κ2) is 9.60. The van der Waals surface area contributed by atoms with Gasteiger partial charge in [-0.25, -0.2) is 0 Å². The largest absolute Gasteiger partial charge is 0.481 e. The summed E-state index contributed by atoms with van der Waals surface area (Å²) in [5.74, 6) is 0.116. The Kier molecular flexibility index (Phi) is 8.12. The van der Waals surface area contributed by atoms with E-state index in [1.54, 1.807) is 0 Å². The van der Waals surface area contributed by atoms with Crippen LogP contribution in [0.2, 0.25) is 0 Å². The number of carboxylic acid groups (broad SMARTS) is 1. The molecule has 0 aromatic heterocycles. The van der Waals surface area contributed by atoms with Crippen LogP contribution in [0.5, 0.6) is 0 Å². The Balaban J connectivity index is 0.000000765. The first-order valence-corrected chi connectivity index (χ1v) is 9.37. The zero-order chi connectivity index (χ0) is 19.9. The van der Waals surface area contributed by atoms with Gasteiger partial charge in [-0.1, -0.05) is 45.0 Å². The van der Waals surface area contributed by atoms with Gasteiger partial charge in [0.1, 0.15) is 0 Å². The van der Waals surface area contributed by atoms with E-state index in [1.807, 2.05) is 0 Å². The molecule has 0 saturated heterocycles. The van der Waals surface area contributed by atoms with Crippen LogP contribution in [-0.4, -0.2) is 35.2 Å². The minimum Gasteiger partial charge on any atom is -0.481 e. The third-order valence-electron chi connectivity index (χ3n) is 4.17. The number of aliphatic imine (C=N–C) groups is 1. The number of rotatable bonds is 3. The molecule has 0 spiro atoms. The van der Waals surface area contributed by atoms with Crippen LogP contribution >= 0.6 is 0 Å². The normalized spacial score (nSPS) is 20.8. The fourth-order valence-electron chi connectivity index (χ4n) is 2.97. The highest BCUT2D eigenvalue weighted by molar-refractivity contribution is 5.81. The lowest BCUT2D eigenvalue weighted by atomic mass is 9.86. The highest BCUT2D eigenvalue weighted by Gasteiger charge is 2.18. The van der Waals surface area contributed by atoms with Gasteiger partial charge in [-0.05, 0) is 50.2 Å². The van der Waals surface area contributed by atoms with E-state index in [9.17, 15) is 0 Å². The van der Waals surface area contributed by atoms with Crippen LogP contribution in [0.1, 0.15) is 66.0 Å². The monoisotopic (exact) mass is 361 g/mol. The number of nitrogens with one attached hydrogen (secondary N) is 2. The van der Waals surface area contributed by atoms with E-state index in [1.165, 1.54) is 11.1 Å². The fourth-order valence-corrected chi connectivity index (χ4v) is 2.97. The predicted octanol–water partition coefficient (Wildman–Crippen LogP) is 3.72. The van der Waals surface area contributed by atoms with Crippen molar-refractivity contribution in [2.24, 2.45) is 4.99 Å². The molecule has 0 bridgehead atoms. The highest BCUT2D eigenvalue weighted by Crippen LogP contribution is 2.22. The third-order valence-corrected chi connectivity index (χ3v) is 4.17. The predicted molar refractivity (Wildman–Crippen MR) is 109 cm³/mol. The Morgan fingerprint density at radius 2 is 1.85 bits per heavy atom. The first-order valence-electron chi connectivity index (χ1n) is 9.37. The maximum Gasteiger partial charge on any atom is 0.300 e. The van der Waals surface area contributed by atoms with Gasteiger partial charge in [-0.2, -0.15) is 0 Å². The summed E-state index contributed by atoms with van der Waals surface area (Å²) in [6.07, 6.45) is 2.11. The Morgan fingerprint density at radius 3 is 2.31 bits per heavy atom. The summed E-state index contributed by atoms with van der Waals surface area (Å²) in [5, 5.41) is 14.4. The number of benzene rings is 1. The van der Waals surface area contributed by atoms with E-state index in [0.29, 0.717) is 18.1 Å². The van der Waals surface area contributed by atoms with E-state index in [-0.39, 0.29) is 5.41 Å². The van der Waals surface area contributed by atoms with E-state index >= 15 is 0 Å². The SMILES string of the molecule is CC(=O)O.CC1CC(C)NC(NC(C)Cc2ccc(C(C)(C)C)cc2)=N1. The lowest BCUT2D eigenvalue weighted by molar-refractivity contribution is -0.134. The van der Waals surface area contributed by atoms with Crippen LogP contribution < -0.4 is 10.6 Å². The molecule has 146 valence electrons. The molecule has 2 rings (SSSR count). The molecule has 0 radical (unpaired) electrons. The van der Waals surface area contributed by atoms with Crippen molar-refractivity contribution in [3.05, 3.63) is 35.4 Å². The summed E-state index contributed by atoms with van der Waals surface area (Å²) in [6, 6.07) is 10.3.